The molecule has 0 unspecified atom stereocenters. The van der Waals surface area contributed by atoms with Gasteiger partial charge >= 0.3 is 12.1 Å². The molecular formula is C15H16N2O5. The van der Waals surface area contributed by atoms with E-state index >= 15 is 0 Å². The van der Waals surface area contributed by atoms with E-state index in [9.17, 15) is 14.4 Å². The van der Waals surface area contributed by atoms with Crippen LogP contribution in [0.4, 0.5) is 4.79 Å². The van der Waals surface area contributed by atoms with Gasteiger partial charge < -0.3 is 20.1 Å². The number of carbonyl (C=O) groups is 3. The molecule has 0 aromatic heterocycles. The van der Waals surface area contributed by atoms with E-state index in [0.29, 0.717) is 37.1 Å². The van der Waals surface area contributed by atoms with Crippen LogP contribution in [-0.4, -0.2) is 47.1 Å². The first-order chi connectivity index (χ1) is 10.5. The molecule has 7 nitrogen and oxygen atoms in total. The average molecular weight is 304 g/mol. The fourth-order valence-corrected chi connectivity index (χ4v) is 2.76. The third-order valence-electron chi connectivity index (χ3n) is 4.05. The van der Waals surface area contributed by atoms with Crippen molar-refractivity contribution in [3.8, 4) is 0 Å². The molecule has 0 aliphatic carbocycles. The van der Waals surface area contributed by atoms with Crippen molar-refractivity contribution in [2.75, 3.05) is 13.1 Å². The number of ether oxygens (including phenoxy) is 1. The van der Waals surface area contributed by atoms with E-state index in [1.165, 1.54) is 4.90 Å². The lowest BCUT2D eigenvalue weighted by molar-refractivity contribution is 0.0535. The van der Waals surface area contributed by atoms with Crippen molar-refractivity contribution >= 4 is 18.0 Å². The number of amides is 2. The SMILES string of the molecule is O=C(NC1CCN(C(=O)O)CC1)c1ccc2c(c1)COC2=O. The number of nitrogens with zero attached hydrogens (tertiary/aromatic N) is 1. The molecule has 1 aromatic carbocycles. The second kappa shape index (κ2) is 5.67. The summed E-state index contributed by atoms with van der Waals surface area (Å²) in [6.45, 7) is 1.05. The number of carboxylic acid groups (broad SMARTS) is 1. The minimum absolute atomic E-state index is 0.0331. The number of nitrogens with one attached hydrogen (secondary N) is 1. The number of likely N-dealkylation sites (tertiary alicyclic amines) is 1. The molecule has 2 amide bonds. The van der Waals surface area contributed by atoms with E-state index < -0.39 is 6.09 Å². The monoisotopic (exact) mass is 304 g/mol. The number of rotatable bonds is 2. The first kappa shape index (κ1) is 14.4. The van der Waals surface area contributed by atoms with Crippen molar-refractivity contribution in [2.45, 2.75) is 25.5 Å². The Bertz CT molecular complexity index is 635. The summed E-state index contributed by atoms with van der Waals surface area (Å²) in [5.41, 5.74) is 1.71. The molecule has 22 heavy (non-hydrogen) atoms. The largest absolute Gasteiger partial charge is 0.465 e. The van der Waals surface area contributed by atoms with Crippen molar-refractivity contribution < 1.29 is 24.2 Å². The summed E-state index contributed by atoms with van der Waals surface area (Å²) in [5, 5.41) is 11.8. The normalized spacial score (nSPS) is 17.8. The van der Waals surface area contributed by atoms with Crippen LogP contribution < -0.4 is 5.32 Å². The van der Waals surface area contributed by atoms with Crippen LogP contribution in [0.15, 0.2) is 18.2 Å². The van der Waals surface area contributed by atoms with Gasteiger partial charge in [-0.2, -0.15) is 0 Å². The number of piperidine rings is 1. The minimum atomic E-state index is -0.923. The van der Waals surface area contributed by atoms with Gasteiger partial charge in [0.05, 0.1) is 5.56 Å². The Morgan fingerprint density at radius 1 is 1.27 bits per heavy atom. The minimum Gasteiger partial charge on any atom is -0.465 e. The molecule has 2 N–H and O–H groups in total. The molecule has 7 heteroatoms. The van der Waals surface area contributed by atoms with Gasteiger partial charge in [-0.3, -0.25) is 4.79 Å². The van der Waals surface area contributed by atoms with Gasteiger partial charge in [0, 0.05) is 30.3 Å². The Morgan fingerprint density at radius 3 is 2.68 bits per heavy atom. The van der Waals surface area contributed by atoms with Crippen LogP contribution in [0.3, 0.4) is 0 Å². The highest BCUT2D eigenvalue weighted by Crippen LogP contribution is 2.21. The zero-order valence-electron chi connectivity index (χ0n) is 11.9. The zero-order valence-corrected chi connectivity index (χ0v) is 11.9. The Kier molecular flexibility index (Phi) is 3.70. The number of hydrogen-bond donors (Lipinski definition) is 2. The van der Waals surface area contributed by atoms with Gasteiger partial charge in [0.1, 0.15) is 6.61 Å². The highest BCUT2D eigenvalue weighted by atomic mass is 16.5. The highest BCUT2D eigenvalue weighted by molar-refractivity contribution is 5.98. The molecule has 0 radical (unpaired) electrons. The Labute approximate surface area is 126 Å². The van der Waals surface area contributed by atoms with Crippen molar-refractivity contribution in [3.63, 3.8) is 0 Å². The summed E-state index contributed by atoms with van der Waals surface area (Å²) in [5.74, 6) is -0.570. The van der Waals surface area contributed by atoms with Crippen molar-refractivity contribution in [1.29, 1.82) is 0 Å². The van der Waals surface area contributed by atoms with Crippen LogP contribution in [0.25, 0.3) is 0 Å². The van der Waals surface area contributed by atoms with Crippen LogP contribution in [0.1, 0.15) is 39.1 Å². The molecule has 2 aliphatic heterocycles. The maximum Gasteiger partial charge on any atom is 0.407 e. The fourth-order valence-electron chi connectivity index (χ4n) is 2.76. The second-order valence-corrected chi connectivity index (χ2v) is 5.47. The van der Waals surface area contributed by atoms with E-state index in [2.05, 4.69) is 5.32 Å². The lowest BCUT2D eigenvalue weighted by Gasteiger charge is -2.30. The van der Waals surface area contributed by atoms with Crippen molar-refractivity contribution in [3.05, 3.63) is 34.9 Å². The van der Waals surface area contributed by atoms with Crippen molar-refractivity contribution in [2.24, 2.45) is 0 Å². The number of carbonyl (C=O) groups excluding carboxylic acids is 2. The van der Waals surface area contributed by atoms with Gasteiger partial charge in [-0.15, -0.1) is 0 Å². The third kappa shape index (κ3) is 2.74. The highest BCUT2D eigenvalue weighted by Gasteiger charge is 2.25. The summed E-state index contributed by atoms with van der Waals surface area (Å²) in [4.78, 5) is 35.8. The molecule has 2 heterocycles. The molecular weight excluding hydrogens is 288 g/mol. The molecule has 0 spiro atoms. The van der Waals surface area contributed by atoms with E-state index in [1.807, 2.05) is 0 Å². The molecule has 0 atom stereocenters. The number of benzene rings is 1. The average Bonchev–Trinajstić information content (AvgIpc) is 2.88. The Balaban J connectivity index is 1.61. The van der Waals surface area contributed by atoms with E-state index in [-0.39, 0.29) is 24.5 Å². The van der Waals surface area contributed by atoms with Crippen LogP contribution in [0, 0.1) is 0 Å². The predicted octanol–water partition coefficient (Wildman–Crippen LogP) is 1.23. The standard InChI is InChI=1S/C15H16N2O5/c18-13(16-11-3-5-17(6-4-11)15(20)21)9-1-2-12-10(7-9)8-22-14(12)19/h1-2,7,11H,3-6,8H2,(H,16,18)(H,20,21). The zero-order chi connectivity index (χ0) is 15.7. The van der Waals surface area contributed by atoms with Gasteiger partial charge in [0.25, 0.3) is 5.91 Å². The van der Waals surface area contributed by atoms with Gasteiger partial charge in [0.15, 0.2) is 0 Å². The summed E-state index contributed by atoms with van der Waals surface area (Å²) in [6, 6.07) is 4.84. The molecule has 1 fully saturated rings. The molecule has 1 saturated heterocycles. The van der Waals surface area contributed by atoms with Crippen LogP contribution in [-0.2, 0) is 11.3 Å². The number of fused-ring (bicyclic) bond motifs is 1. The summed E-state index contributed by atoms with van der Waals surface area (Å²) < 4.78 is 4.91. The lowest BCUT2D eigenvalue weighted by Crippen LogP contribution is -2.46. The predicted molar refractivity (Wildman–Crippen MR) is 75.6 cm³/mol. The van der Waals surface area contributed by atoms with E-state index in [1.54, 1.807) is 18.2 Å². The summed E-state index contributed by atoms with van der Waals surface area (Å²) in [7, 11) is 0. The summed E-state index contributed by atoms with van der Waals surface area (Å²) in [6.07, 6.45) is 0.280. The fraction of sp³-hybridized carbons (Fsp3) is 0.400. The molecule has 1 aromatic rings. The maximum absolute atomic E-state index is 12.2. The molecule has 0 saturated carbocycles. The second-order valence-electron chi connectivity index (χ2n) is 5.47. The Hall–Kier alpha value is -2.57. The summed E-state index contributed by atoms with van der Waals surface area (Å²) >= 11 is 0. The van der Waals surface area contributed by atoms with E-state index in [0.717, 1.165) is 5.56 Å². The third-order valence-corrected chi connectivity index (χ3v) is 4.05. The smallest absolute Gasteiger partial charge is 0.407 e. The van der Waals surface area contributed by atoms with Gasteiger partial charge in [-0.25, -0.2) is 9.59 Å². The lowest BCUT2D eigenvalue weighted by atomic mass is 10.0. The first-order valence-electron chi connectivity index (χ1n) is 7.13. The first-order valence-corrected chi connectivity index (χ1v) is 7.13. The van der Waals surface area contributed by atoms with Crippen LogP contribution in [0.2, 0.25) is 0 Å². The number of cyclic esters (lactones) is 1. The van der Waals surface area contributed by atoms with Crippen molar-refractivity contribution in [1.82, 2.24) is 10.2 Å². The maximum atomic E-state index is 12.2. The molecule has 3 rings (SSSR count). The number of esters is 1. The van der Waals surface area contributed by atoms with Crippen LogP contribution >= 0.6 is 0 Å². The molecule has 2 aliphatic rings. The molecule has 116 valence electrons. The topological polar surface area (TPSA) is 95.9 Å². The van der Waals surface area contributed by atoms with Gasteiger partial charge in [-0.05, 0) is 31.0 Å². The van der Waals surface area contributed by atoms with Gasteiger partial charge in [-0.1, -0.05) is 0 Å². The van der Waals surface area contributed by atoms with Crippen LogP contribution in [0.5, 0.6) is 0 Å². The van der Waals surface area contributed by atoms with Gasteiger partial charge in [0.2, 0.25) is 0 Å². The molecule has 0 bridgehead atoms. The number of hydrogen-bond acceptors (Lipinski definition) is 4. The quantitative estimate of drug-likeness (QED) is 0.801. The Morgan fingerprint density at radius 2 is 2.00 bits per heavy atom. The van der Waals surface area contributed by atoms with E-state index in [4.69, 9.17) is 9.84 Å².